The van der Waals surface area contributed by atoms with Crippen molar-refractivity contribution in [3.8, 4) is 6.57 Å². The van der Waals surface area contributed by atoms with Crippen LogP contribution in [-0.4, -0.2) is 53.5 Å². The number of nitrogens with zero attached hydrogens (tertiary/aromatic N) is 3. The average Bonchev–Trinajstić information content (AvgIpc) is 3.21. The predicted molar refractivity (Wildman–Crippen MR) is 134 cm³/mol. The number of aliphatic hydroxyl groups is 1. The summed E-state index contributed by atoms with van der Waals surface area (Å²) in [4.78, 5) is 18.4. The van der Waals surface area contributed by atoms with E-state index in [0.717, 1.165) is 50.9 Å². The largest absolute Gasteiger partial charge is 0.416 e. The summed E-state index contributed by atoms with van der Waals surface area (Å²) in [6, 6.07) is 4.82. The second kappa shape index (κ2) is 13.8. The quantitative estimate of drug-likeness (QED) is 0.252. The van der Waals surface area contributed by atoms with E-state index in [-0.39, 0.29) is 37.2 Å². The molecule has 36 heavy (non-hydrogen) atoms. The minimum atomic E-state index is -4.44. The highest BCUT2D eigenvalue weighted by atomic mass is 19.4. The van der Waals surface area contributed by atoms with Gasteiger partial charge in [-0.2, -0.15) is 13.2 Å². The zero-order chi connectivity index (χ0) is 26.2. The molecule has 1 unspecified atom stereocenters. The fourth-order valence-electron chi connectivity index (χ4n) is 4.61. The number of carbonyl (C=O) groups is 1. The Morgan fingerprint density at radius 3 is 2.25 bits per heavy atom. The number of likely N-dealkylation sites (tertiary alicyclic amines) is 1. The normalized spacial score (nSPS) is 25.3. The number of rotatable bonds is 7. The van der Waals surface area contributed by atoms with Crippen molar-refractivity contribution >= 4 is 17.4 Å². The van der Waals surface area contributed by atoms with Crippen LogP contribution < -0.4 is 16.8 Å². The number of hydrogen-bond donors (Lipinski definition) is 4. The van der Waals surface area contributed by atoms with Gasteiger partial charge in [0.05, 0.1) is 16.8 Å². The Kier molecular flexibility index (Phi) is 11.9. The molecule has 6 N–H and O–H groups in total. The third kappa shape index (κ3) is 8.24. The number of amides is 1. The molecule has 1 amide bonds. The summed E-state index contributed by atoms with van der Waals surface area (Å²) in [5.74, 6) is -0.0948. The number of alkyl halides is 3. The Morgan fingerprint density at radius 2 is 1.78 bits per heavy atom. The fraction of sp³-hybridized carbons (Fsp3) is 0.560. The predicted octanol–water partition coefficient (Wildman–Crippen LogP) is 3.30. The number of halogens is 3. The van der Waals surface area contributed by atoms with Crippen LogP contribution in [0.3, 0.4) is 0 Å². The summed E-state index contributed by atoms with van der Waals surface area (Å²) < 4.78 is 38.1. The van der Waals surface area contributed by atoms with Gasteiger partial charge in [-0.3, -0.25) is 9.69 Å². The zero-order valence-corrected chi connectivity index (χ0v) is 19.7. The highest BCUT2D eigenvalue weighted by molar-refractivity contribution is 6.20. The molecule has 0 radical (unpaired) electrons. The van der Waals surface area contributed by atoms with Gasteiger partial charge in [-0.15, -0.1) is 0 Å². The molecule has 1 saturated heterocycles. The van der Waals surface area contributed by atoms with Gasteiger partial charge in [0.2, 0.25) is 0 Å². The SMILES string of the molecule is C.C#N.CC1CN(C2CCC(N/C=C(/C(N)=O)C(N)=Nc3ccc(C(F)(F)F)cc3)CC2)C[C@H]1CO. The van der Waals surface area contributed by atoms with Gasteiger partial charge in [-0.25, -0.2) is 10.3 Å². The number of nitriles is 1. The summed E-state index contributed by atoms with van der Waals surface area (Å²) in [5.41, 5.74) is 10.8. The molecule has 1 aliphatic heterocycles. The lowest BCUT2D eigenvalue weighted by Gasteiger charge is -2.35. The van der Waals surface area contributed by atoms with Crippen molar-refractivity contribution in [2.45, 2.75) is 58.3 Å². The van der Waals surface area contributed by atoms with E-state index in [1.165, 1.54) is 18.3 Å². The Morgan fingerprint density at radius 1 is 1.19 bits per heavy atom. The standard InChI is InChI=1S/C23H32F3N5O2.CHN.CH4/c1-14-11-31(12-15(14)13-32)19-8-6-17(7-9-19)29-10-20(22(28)33)21(27)30-18-4-2-16(3-5-18)23(24,25)26;1-2;/h2-5,10,14-15,17,19,29,32H,6-9,11-13H2,1H3,(H2,27,30)(H2,28,33);1H;1H4/b20-10+;;/t14?,15-,17?,19?;;/m0../s1. The molecule has 2 atom stereocenters. The van der Waals surface area contributed by atoms with Gasteiger partial charge < -0.3 is 21.9 Å². The van der Waals surface area contributed by atoms with Crippen LogP contribution in [0.1, 0.15) is 45.6 Å². The topological polar surface area (TPSA) is 141 Å². The summed E-state index contributed by atoms with van der Waals surface area (Å²) >= 11 is 0. The first-order valence-electron chi connectivity index (χ1n) is 11.5. The highest BCUT2D eigenvalue weighted by Crippen LogP contribution is 2.31. The number of amidine groups is 1. The maximum atomic E-state index is 12.7. The minimum Gasteiger partial charge on any atom is -0.396 e. The molecule has 200 valence electrons. The Hall–Kier alpha value is -3.10. The van der Waals surface area contributed by atoms with E-state index in [1.54, 1.807) is 0 Å². The van der Waals surface area contributed by atoms with E-state index < -0.39 is 17.6 Å². The molecule has 2 fully saturated rings. The van der Waals surface area contributed by atoms with Gasteiger partial charge in [0.25, 0.3) is 5.91 Å². The van der Waals surface area contributed by atoms with E-state index >= 15 is 0 Å². The number of primary amides is 1. The van der Waals surface area contributed by atoms with Crippen LogP contribution in [0.15, 0.2) is 41.0 Å². The maximum Gasteiger partial charge on any atom is 0.416 e. The van der Waals surface area contributed by atoms with Gasteiger partial charge in [0, 0.05) is 44.6 Å². The van der Waals surface area contributed by atoms with Gasteiger partial charge >= 0.3 is 6.18 Å². The Bertz CT molecular complexity index is 922. The van der Waals surface area contributed by atoms with E-state index in [0.29, 0.717) is 17.9 Å². The van der Waals surface area contributed by atoms with Gasteiger partial charge in [-0.05, 0) is 61.8 Å². The van der Waals surface area contributed by atoms with E-state index in [4.69, 9.17) is 16.7 Å². The van der Waals surface area contributed by atoms with Crippen molar-refractivity contribution in [1.29, 1.82) is 5.26 Å². The van der Waals surface area contributed by atoms with Crippen molar-refractivity contribution in [2.24, 2.45) is 28.3 Å². The number of benzene rings is 1. The van der Waals surface area contributed by atoms with Crippen LogP contribution in [0.2, 0.25) is 0 Å². The highest BCUT2D eigenvalue weighted by Gasteiger charge is 2.35. The molecular formula is C25H37F3N6O2. The number of hydrogen-bond acceptors (Lipinski definition) is 6. The molecule has 1 aromatic carbocycles. The molecule has 11 heteroatoms. The summed E-state index contributed by atoms with van der Waals surface area (Å²) in [6.07, 6.45) is 0.864. The van der Waals surface area contributed by atoms with E-state index in [9.17, 15) is 23.1 Å². The van der Waals surface area contributed by atoms with Crippen LogP contribution in [0.5, 0.6) is 0 Å². The molecule has 1 saturated carbocycles. The molecule has 1 aromatic rings. The summed E-state index contributed by atoms with van der Waals surface area (Å²) in [5, 5.41) is 19.2. The van der Waals surface area contributed by atoms with Gasteiger partial charge in [-0.1, -0.05) is 14.4 Å². The lowest BCUT2D eigenvalue weighted by Crippen LogP contribution is -2.41. The van der Waals surface area contributed by atoms with E-state index in [1.807, 2.05) is 0 Å². The molecule has 1 heterocycles. The average molecular weight is 511 g/mol. The van der Waals surface area contributed by atoms with Crippen LogP contribution in [0, 0.1) is 23.7 Å². The molecule has 2 aliphatic rings. The van der Waals surface area contributed by atoms with Crippen LogP contribution in [-0.2, 0) is 11.0 Å². The minimum absolute atomic E-state index is 0. The first-order chi connectivity index (χ1) is 16.6. The van der Waals surface area contributed by atoms with Crippen LogP contribution in [0.25, 0.3) is 0 Å². The first kappa shape index (κ1) is 30.9. The van der Waals surface area contributed by atoms with Crippen LogP contribution in [0.4, 0.5) is 18.9 Å². The van der Waals surface area contributed by atoms with E-state index in [2.05, 4.69) is 28.7 Å². The molecule has 0 aromatic heterocycles. The number of aliphatic hydroxyl groups excluding tert-OH is 1. The number of aliphatic imine (C=N–C) groups is 1. The lowest BCUT2D eigenvalue weighted by molar-refractivity contribution is -0.137. The molecule has 3 rings (SSSR count). The van der Waals surface area contributed by atoms with Crippen molar-refractivity contribution in [2.75, 3.05) is 19.7 Å². The molecule has 0 bridgehead atoms. The summed E-state index contributed by atoms with van der Waals surface area (Å²) in [6.45, 7) is 7.85. The van der Waals surface area contributed by atoms with Crippen molar-refractivity contribution < 1.29 is 23.1 Å². The monoisotopic (exact) mass is 510 g/mol. The fourth-order valence-corrected chi connectivity index (χ4v) is 4.61. The number of nitrogens with two attached hydrogens (primary N) is 2. The number of carbonyl (C=O) groups excluding carboxylic acids is 1. The summed E-state index contributed by atoms with van der Waals surface area (Å²) in [7, 11) is 0. The van der Waals surface area contributed by atoms with Gasteiger partial charge in [0.1, 0.15) is 5.84 Å². The first-order valence-corrected chi connectivity index (χ1v) is 11.5. The molecule has 0 spiro atoms. The Labute approximate surface area is 210 Å². The third-order valence-electron chi connectivity index (χ3n) is 6.69. The van der Waals surface area contributed by atoms with Crippen molar-refractivity contribution in [1.82, 2.24) is 10.2 Å². The second-order valence-electron chi connectivity index (χ2n) is 9.01. The van der Waals surface area contributed by atoms with Crippen LogP contribution >= 0.6 is 0 Å². The second-order valence-corrected chi connectivity index (χ2v) is 9.01. The van der Waals surface area contributed by atoms with Gasteiger partial charge in [0.15, 0.2) is 0 Å². The maximum absolute atomic E-state index is 12.7. The van der Waals surface area contributed by atoms with Crippen molar-refractivity contribution in [3.63, 3.8) is 0 Å². The third-order valence-corrected chi connectivity index (χ3v) is 6.69. The molecular weight excluding hydrogens is 473 g/mol. The van der Waals surface area contributed by atoms with Crippen molar-refractivity contribution in [3.05, 3.63) is 41.6 Å². The number of nitrogens with one attached hydrogen (secondary N) is 1. The molecule has 1 aliphatic carbocycles. The Balaban J connectivity index is 0.00000211. The molecule has 8 nitrogen and oxygen atoms in total. The lowest BCUT2D eigenvalue weighted by atomic mass is 9.90. The smallest absolute Gasteiger partial charge is 0.396 e. The zero-order valence-electron chi connectivity index (χ0n) is 19.7.